The summed E-state index contributed by atoms with van der Waals surface area (Å²) < 4.78 is 0. The largest absolute Gasteiger partial charge is 0.347 e. The molecule has 0 fully saturated rings. The zero-order valence-electron chi connectivity index (χ0n) is 13.6. The molecule has 1 N–H and O–H groups in total. The van der Waals surface area contributed by atoms with Crippen molar-refractivity contribution < 1.29 is 9.72 Å². The summed E-state index contributed by atoms with van der Waals surface area (Å²) in [6.07, 6.45) is 3.42. The molecule has 0 saturated heterocycles. The highest BCUT2D eigenvalue weighted by Crippen LogP contribution is 2.28. The molecule has 0 aliphatic carbocycles. The van der Waals surface area contributed by atoms with Crippen molar-refractivity contribution in [3.63, 3.8) is 0 Å². The molecule has 0 aliphatic rings. The normalized spacial score (nSPS) is 10.5. The fourth-order valence-corrected chi connectivity index (χ4v) is 3.44. The fourth-order valence-electron chi connectivity index (χ4n) is 2.26. The van der Waals surface area contributed by atoms with Crippen LogP contribution in [0, 0.1) is 17.0 Å². The van der Waals surface area contributed by atoms with Crippen LogP contribution in [0.2, 0.25) is 5.02 Å². The van der Waals surface area contributed by atoms with Gasteiger partial charge < -0.3 is 5.32 Å². The molecule has 0 radical (unpaired) electrons. The molecule has 0 unspecified atom stereocenters. The highest BCUT2D eigenvalue weighted by Gasteiger charge is 2.17. The zero-order chi connectivity index (χ0) is 18.7. The summed E-state index contributed by atoms with van der Waals surface area (Å²) in [7, 11) is 0. The predicted molar refractivity (Wildman–Crippen MR) is 99.4 cm³/mol. The number of nitrogens with zero attached hydrogens (tertiary/aromatic N) is 3. The fraction of sp³-hybridized carbons (Fsp3) is 0.118. The van der Waals surface area contributed by atoms with Crippen molar-refractivity contribution in [2.45, 2.75) is 13.5 Å². The van der Waals surface area contributed by atoms with E-state index in [0.29, 0.717) is 0 Å². The number of benzene rings is 1. The Bertz CT molecular complexity index is 975. The van der Waals surface area contributed by atoms with E-state index < -0.39 is 10.8 Å². The van der Waals surface area contributed by atoms with Crippen molar-refractivity contribution in [1.82, 2.24) is 15.3 Å². The van der Waals surface area contributed by atoms with Crippen molar-refractivity contribution in [2.75, 3.05) is 0 Å². The van der Waals surface area contributed by atoms with Crippen LogP contribution in [0.3, 0.4) is 0 Å². The van der Waals surface area contributed by atoms with Crippen LogP contribution in [0.1, 0.15) is 20.9 Å². The second-order valence-corrected chi connectivity index (χ2v) is 6.87. The van der Waals surface area contributed by atoms with Gasteiger partial charge in [-0.1, -0.05) is 11.6 Å². The molecule has 9 heteroatoms. The number of nitro groups is 1. The third-order valence-corrected chi connectivity index (χ3v) is 5.14. The Balaban J connectivity index is 1.73. The van der Waals surface area contributed by atoms with Gasteiger partial charge in [0, 0.05) is 34.5 Å². The number of halogens is 1. The second kappa shape index (κ2) is 7.59. The number of nitrogens with one attached hydrogen (secondary N) is 1. The van der Waals surface area contributed by atoms with Crippen molar-refractivity contribution in [3.05, 3.63) is 74.0 Å². The number of nitro benzene ring substituents is 1. The molecule has 3 aromatic rings. The van der Waals surface area contributed by atoms with E-state index in [2.05, 4.69) is 15.3 Å². The van der Waals surface area contributed by atoms with Gasteiger partial charge in [0.2, 0.25) is 0 Å². The van der Waals surface area contributed by atoms with Crippen LogP contribution in [0.25, 0.3) is 10.6 Å². The maximum atomic E-state index is 12.3. The molecule has 132 valence electrons. The molecule has 3 rings (SSSR count). The zero-order valence-corrected chi connectivity index (χ0v) is 15.2. The molecule has 7 nitrogen and oxygen atoms in total. The number of hydrogen-bond acceptors (Lipinski definition) is 6. The van der Waals surface area contributed by atoms with Crippen molar-refractivity contribution in [1.29, 1.82) is 0 Å². The van der Waals surface area contributed by atoms with Gasteiger partial charge in [0.25, 0.3) is 11.6 Å². The van der Waals surface area contributed by atoms with Crippen molar-refractivity contribution >= 4 is 34.5 Å². The number of aromatic nitrogens is 2. The molecular weight excluding hydrogens is 376 g/mol. The lowest BCUT2D eigenvalue weighted by molar-refractivity contribution is -0.384. The first-order chi connectivity index (χ1) is 12.5. The van der Waals surface area contributed by atoms with E-state index in [9.17, 15) is 14.9 Å². The van der Waals surface area contributed by atoms with E-state index in [1.54, 1.807) is 12.4 Å². The number of carbonyl (C=O) groups excluding carboxylic acids is 1. The van der Waals surface area contributed by atoms with Gasteiger partial charge in [0.1, 0.15) is 10.0 Å². The van der Waals surface area contributed by atoms with Gasteiger partial charge in [-0.2, -0.15) is 0 Å². The van der Waals surface area contributed by atoms with Gasteiger partial charge in [0.15, 0.2) is 0 Å². The first-order valence-electron chi connectivity index (χ1n) is 7.54. The quantitative estimate of drug-likeness (QED) is 0.526. The summed E-state index contributed by atoms with van der Waals surface area (Å²) in [5, 5.41) is 14.5. The molecule has 2 aromatic heterocycles. The summed E-state index contributed by atoms with van der Waals surface area (Å²) in [4.78, 5) is 32.1. The standard InChI is InChI=1S/C17H13ClN4O3S/c1-10-15(26-17(21-10)12-3-2-6-19-8-12)9-20-16(23)11-4-5-13(18)14(7-11)22(24)25/h2-8H,9H2,1H3,(H,20,23). The lowest BCUT2D eigenvalue weighted by atomic mass is 10.2. The topological polar surface area (TPSA) is 98.0 Å². The molecule has 26 heavy (non-hydrogen) atoms. The van der Waals surface area contributed by atoms with E-state index in [1.807, 2.05) is 19.1 Å². The van der Waals surface area contributed by atoms with Crippen molar-refractivity contribution in [3.8, 4) is 10.6 Å². The maximum Gasteiger partial charge on any atom is 0.288 e. The van der Waals surface area contributed by atoms with Gasteiger partial charge in [-0.15, -0.1) is 11.3 Å². The van der Waals surface area contributed by atoms with Gasteiger partial charge >= 0.3 is 0 Å². The number of rotatable bonds is 5. The number of hydrogen-bond donors (Lipinski definition) is 1. The summed E-state index contributed by atoms with van der Waals surface area (Å²) in [5.41, 5.74) is 1.60. The summed E-state index contributed by atoms with van der Waals surface area (Å²) in [5.74, 6) is -0.416. The SMILES string of the molecule is Cc1nc(-c2cccnc2)sc1CNC(=O)c1ccc(Cl)c([N+](=O)[O-])c1. The minimum absolute atomic E-state index is 0.00837. The second-order valence-electron chi connectivity index (χ2n) is 5.38. The highest BCUT2D eigenvalue weighted by molar-refractivity contribution is 7.15. The molecule has 0 bridgehead atoms. The Hall–Kier alpha value is -2.84. The van der Waals surface area contributed by atoms with Crippen molar-refractivity contribution in [2.24, 2.45) is 0 Å². The Morgan fingerprint density at radius 2 is 2.19 bits per heavy atom. The van der Waals surface area contributed by atoms with Gasteiger partial charge in [0.05, 0.1) is 17.2 Å². The first kappa shape index (κ1) is 18.0. The van der Waals surface area contributed by atoms with E-state index in [1.165, 1.54) is 23.5 Å². The summed E-state index contributed by atoms with van der Waals surface area (Å²) in [6.45, 7) is 2.14. The average Bonchev–Trinajstić information content (AvgIpc) is 3.01. The smallest absolute Gasteiger partial charge is 0.288 e. The summed E-state index contributed by atoms with van der Waals surface area (Å²) >= 11 is 7.23. The highest BCUT2D eigenvalue weighted by atomic mass is 35.5. The third-order valence-electron chi connectivity index (χ3n) is 3.62. The molecule has 0 atom stereocenters. The number of pyridine rings is 1. The summed E-state index contributed by atoms with van der Waals surface area (Å²) in [6, 6.07) is 7.71. The van der Waals surface area contributed by atoms with Crippen LogP contribution in [0.4, 0.5) is 5.69 Å². The third kappa shape index (κ3) is 3.87. The van der Waals surface area contributed by atoms with Crippen LogP contribution in [-0.4, -0.2) is 20.8 Å². The monoisotopic (exact) mass is 388 g/mol. The van der Waals surface area contributed by atoms with Gasteiger partial charge in [-0.25, -0.2) is 4.98 Å². The van der Waals surface area contributed by atoms with Gasteiger partial charge in [-0.05, 0) is 31.2 Å². The van der Waals surface area contributed by atoms with Crippen LogP contribution in [-0.2, 0) is 6.54 Å². The Morgan fingerprint density at radius 3 is 2.88 bits per heavy atom. The van der Waals surface area contributed by atoms with E-state index in [4.69, 9.17) is 11.6 Å². The molecule has 1 aromatic carbocycles. The number of amides is 1. The molecule has 0 saturated carbocycles. The van der Waals surface area contributed by atoms with Crippen LogP contribution in [0.5, 0.6) is 0 Å². The molecule has 1 amide bonds. The predicted octanol–water partition coefficient (Wildman–Crippen LogP) is 4.01. The number of aryl methyl sites for hydroxylation is 1. The lowest BCUT2D eigenvalue weighted by Gasteiger charge is -2.05. The van der Waals surface area contributed by atoms with E-state index >= 15 is 0 Å². The van der Waals surface area contributed by atoms with Gasteiger partial charge in [-0.3, -0.25) is 19.9 Å². The molecule has 0 aliphatic heterocycles. The molecular formula is C17H13ClN4O3S. The minimum atomic E-state index is -0.618. The molecule has 2 heterocycles. The van der Waals surface area contributed by atoms with Crippen LogP contribution < -0.4 is 5.32 Å². The first-order valence-corrected chi connectivity index (χ1v) is 8.74. The minimum Gasteiger partial charge on any atom is -0.347 e. The molecule has 0 spiro atoms. The van der Waals surface area contributed by atoms with E-state index in [-0.39, 0.29) is 22.8 Å². The Morgan fingerprint density at radius 1 is 1.38 bits per heavy atom. The van der Waals surface area contributed by atoms with E-state index in [0.717, 1.165) is 27.2 Å². The Kier molecular flexibility index (Phi) is 5.24. The Labute approximate surface area is 157 Å². The number of carbonyl (C=O) groups is 1. The van der Waals surface area contributed by atoms with Crippen LogP contribution >= 0.6 is 22.9 Å². The lowest BCUT2D eigenvalue weighted by Crippen LogP contribution is -2.22. The number of thiazole rings is 1. The maximum absolute atomic E-state index is 12.3. The van der Waals surface area contributed by atoms with Crippen LogP contribution in [0.15, 0.2) is 42.7 Å². The average molecular weight is 389 g/mol.